The van der Waals surface area contributed by atoms with Crippen molar-refractivity contribution in [3.8, 4) is 0 Å². The molecule has 0 aromatic heterocycles. The Labute approximate surface area is 88.5 Å². The van der Waals surface area contributed by atoms with Crippen molar-refractivity contribution in [2.75, 3.05) is 13.7 Å². The molecule has 0 radical (unpaired) electrons. The van der Waals surface area contributed by atoms with Crippen molar-refractivity contribution in [2.45, 2.75) is 13.5 Å². The van der Waals surface area contributed by atoms with Crippen LogP contribution < -0.4 is 0 Å². The van der Waals surface area contributed by atoms with E-state index in [2.05, 4.69) is 0 Å². The monoisotopic (exact) mass is 213 g/mol. The maximum absolute atomic E-state index is 10.3. The molecule has 1 aromatic rings. The van der Waals surface area contributed by atoms with Crippen molar-refractivity contribution in [3.63, 3.8) is 0 Å². The molecule has 84 valence electrons. The molecule has 0 unspecified atom stereocenters. The molecule has 0 saturated carbocycles. The Kier molecular flexibility index (Phi) is 7.13. The van der Waals surface area contributed by atoms with Crippen molar-refractivity contribution in [1.29, 1.82) is 0 Å². The van der Waals surface area contributed by atoms with E-state index < -0.39 is 4.92 Å². The van der Waals surface area contributed by atoms with E-state index in [0.29, 0.717) is 13.2 Å². The van der Waals surface area contributed by atoms with Crippen molar-refractivity contribution in [2.24, 2.45) is 0 Å². The highest BCUT2D eigenvalue weighted by Gasteiger charge is 2.02. The normalized spacial score (nSPS) is 9.00. The lowest BCUT2D eigenvalue weighted by Crippen LogP contribution is -1.92. The van der Waals surface area contributed by atoms with E-state index in [9.17, 15) is 10.1 Å². The predicted molar refractivity (Wildman–Crippen MR) is 56.6 cm³/mol. The Hall–Kier alpha value is -1.46. The highest BCUT2D eigenvalue weighted by atomic mass is 16.6. The van der Waals surface area contributed by atoms with Crippen LogP contribution in [0.2, 0.25) is 0 Å². The molecular formula is C10H15NO4. The van der Waals surface area contributed by atoms with E-state index in [1.165, 1.54) is 12.1 Å². The lowest BCUT2D eigenvalue weighted by atomic mass is 10.2. The summed E-state index contributed by atoms with van der Waals surface area (Å²) in [5.41, 5.74) is 1.06. The number of rotatable bonds is 4. The summed E-state index contributed by atoms with van der Waals surface area (Å²) in [6.07, 6.45) is 0. The summed E-state index contributed by atoms with van der Waals surface area (Å²) in [6.45, 7) is 3.07. The molecule has 0 fully saturated rings. The summed E-state index contributed by atoms with van der Waals surface area (Å²) < 4.78 is 5.15. The second kappa shape index (κ2) is 7.90. The van der Waals surface area contributed by atoms with Gasteiger partial charge in [0.2, 0.25) is 0 Å². The van der Waals surface area contributed by atoms with Crippen molar-refractivity contribution >= 4 is 5.69 Å². The van der Waals surface area contributed by atoms with Gasteiger partial charge >= 0.3 is 0 Å². The molecule has 0 saturated heterocycles. The van der Waals surface area contributed by atoms with Gasteiger partial charge in [0.1, 0.15) is 0 Å². The van der Waals surface area contributed by atoms with Gasteiger partial charge in [0.15, 0.2) is 0 Å². The SMILES string of the molecule is CCOCc1ccc([N+](=O)[O-])cc1.CO. The molecule has 0 aliphatic heterocycles. The fourth-order valence-corrected chi connectivity index (χ4v) is 0.934. The van der Waals surface area contributed by atoms with Crippen LogP contribution in [0.3, 0.4) is 0 Å². The van der Waals surface area contributed by atoms with Gasteiger partial charge in [0.05, 0.1) is 11.5 Å². The van der Waals surface area contributed by atoms with Gasteiger partial charge in [-0.1, -0.05) is 0 Å². The van der Waals surface area contributed by atoms with Crippen LogP contribution in [0.4, 0.5) is 5.69 Å². The standard InChI is InChI=1S/C9H11NO3.CH4O/c1-2-13-7-8-3-5-9(6-4-8)10(11)12;1-2/h3-6H,2,7H2,1H3;2H,1H3. The minimum Gasteiger partial charge on any atom is -0.400 e. The molecule has 5 nitrogen and oxygen atoms in total. The number of non-ortho nitro benzene ring substituents is 1. The average molecular weight is 213 g/mol. The third-order valence-corrected chi connectivity index (χ3v) is 1.62. The molecule has 0 heterocycles. The van der Waals surface area contributed by atoms with Crippen LogP contribution in [0.25, 0.3) is 0 Å². The summed E-state index contributed by atoms with van der Waals surface area (Å²) in [6, 6.07) is 6.37. The molecule has 0 spiro atoms. The third-order valence-electron chi connectivity index (χ3n) is 1.62. The van der Waals surface area contributed by atoms with E-state index in [0.717, 1.165) is 12.7 Å². The summed E-state index contributed by atoms with van der Waals surface area (Å²) in [7, 11) is 1.00. The third kappa shape index (κ3) is 5.09. The zero-order valence-corrected chi connectivity index (χ0v) is 8.84. The number of nitro groups is 1. The van der Waals surface area contributed by atoms with Gasteiger partial charge in [-0.15, -0.1) is 0 Å². The first-order valence-electron chi connectivity index (χ1n) is 4.50. The molecule has 15 heavy (non-hydrogen) atoms. The van der Waals surface area contributed by atoms with Crippen LogP contribution in [0.15, 0.2) is 24.3 Å². The van der Waals surface area contributed by atoms with Crippen LogP contribution in [-0.2, 0) is 11.3 Å². The number of hydrogen-bond donors (Lipinski definition) is 1. The van der Waals surface area contributed by atoms with Gasteiger partial charge in [-0.25, -0.2) is 0 Å². The van der Waals surface area contributed by atoms with Crippen LogP contribution in [0, 0.1) is 10.1 Å². The number of hydrogen-bond acceptors (Lipinski definition) is 4. The smallest absolute Gasteiger partial charge is 0.269 e. The molecular weight excluding hydrogens is 198 g/mol. The summed E-state index contributed by atoms with van der Waals surface area (Å²) >= 11 is 0. The Balaban J connectivity index is 0.000000921. The quantitative estimate of drug-likeness (QED) is 0.610. The molecule has 0 aliphatic rings. The number of nitro benzene ring substituents is 1. The van der Waals surface area contributed by atoms with Gasteiger partial charge in [-0.2, -0.15) is 0 Å². The van der Waals surface area contributed by atoms with Gasteiger partial charge in [0, 0.05) is 25.8 Å². The largest absolute Gasteiger partial charge is 0.400 e. The van der Waals surface area contributed by atoms with Gasteiger partial charge < -0.3 is 9.84 Å². The van der Waals surface area contributed by atoms with Crippen LogP contribution in [0.5, 0.6) is 0 Å². The number of nitrogens with zero attached hydrogens (tertiary/aromatic N) is 1. The van der Waals surface area contributed by atoms with Gasteiger partial charge in [-0.3, -0.25) is 10.1 Å². The van der Waals surface area contributed by atoms with E-state index in [-0.39, 0.29) is 5.69 Å². The number of aliphatic hydroxyl groups is 1. The number of benzene rings is 1. The molecule has 5 heteroatoms. The highest BCUT2D eigenvalue weighted by molar-refractivity contribution is 5.32. The Morgan fingerprint density at radius 2 is 1.87 bits per heavy atom. The Morgan fingerprint density at radius 1 is 1.33 bits per heavy atom. The lowest BCUT2D eigenvalue weighted by Gasteiger charge is -1.99. The zero-order valence-electron chi connectivity index (χ0n) is 8.84. The minimum atomic E-state index is -0.412. The number of ether oxygens (including phenoxy) is 1. The first-order valence-corrected chi connectivity index (χ1v) is 4.50. The summed E-state index contributed by atoms with van der Waals surface area (Å²) in [5.74, 6) is 0. The van der Waals surface area contributed by atoms with Gasteiger partial charge in [0.25, 0.3) is 5.69 Å². The summed E-state index contributed by atoms with van der Waals surface area (Å²) in [5, 5.41) is 17.3. The lowest BCUT2D eigenvalue weighted by molar-refractivity contribution is -0.384. The zero-order chi connectivity index (χ0) is 11.7. The van der Waals surface area contributed by atoms with Crippen LogP contribution in [-0.4, -0.2) is 23.7 Å². The average Bonchev–Trinajstić information content (AvgIpc) is 2.29. The van der Waals surface area contributed by atoms with Crippen molar-refractivity contribution in [3.05, 3.63) is 39.9 Å². The molecule has 1 aromatic carbocycles. The molecule has 0 amide bonds. The van der Waals surface area contributed by atoms with Crippen LogP contribution >= 0.6 is 0 Å². The van der Waals surface area contributed by atoms with Crippen LogP contribution in [0.1, 0.15) is 12.5 Å². The van der Waals surface area contributed by atoms with E-state index in [4.69, 9.17) is 9.84 Å². The molecule has 0 bridgehead atoms. The fourth-order valence-electron chi connectivity index (χ4n) is 0.934. The summed E-state index contributed by atoms with van der Waals surface area (Å²) in [4.78, 5) is 9.89. The molecule has 1 N–H and O–H groups in total. The van der Waals surface area contributed by atoms with E-state index >= 15 is 0 Å². The molecule has 0 atom stereocenters. The highest BCUT2D eigenvalue weighted by Crippen LogP contribution is 2.12. The second-order valence-corrected chi connectivity index (χ2v) is 2.56. The first kappa shape index (κ1) is 13.5. The molecule has 0 aliphatic carbocycles. The maximum Gasteiger partial charge on any atom is 0.269 e. The Morgan fingerprint density at radius 3 is 2.27 bits per heavy atom. The van der Waals surface area contributed by atoms with E-state index in [1.807, 2.05) is 6.92 Å². The topological polar surface area (TPSA) is 72.6 Å². The van der Waals surface area contributed by atoms with Crippen molar-refractivity contribution in [1.82, 2.24) is 0 Å². The first-order chi connectivity index (χ1) is 7.24. The Bertz CT molecular complexity index is 284. The van der Waals surface area contributed by atoms with E-state index in [1.54, 1.807) is 12.1 Å². The second-order valence-electron chi connectivity index (χ2n) is 2.56. The molecule has 1 rings (SSSR count). The fraction of sp³-hybridized carbons (Fsp3) is 0.400. The number of aliphatic hydroxyl groups excluding tert-OH is 1. The predicted octanol–water partition coefficient (Wildman–Crippen LogP) is 1.74. The minimum absolute atomic E-state index is 0.111. The van der Waals surface area contributed by atoms with Crippen molar-refractivity contribution < 1.29 is 14.8 Å². The van der Waals surface area contributed by atoms with Gasteiger partial charge in [-0.05, 0) is 24.6 Å². The maximum atomic E-state index is 10.3.